The van der Waals surface area contributed by atoms with Crippen molar-refractivity contribution in [2.75, 3.05) is 12.8 Å². The molecule has 0 unspecified atom stereocenters. The van der Waals surface area contributed by atoms with Crippen LogP contribution < -0.4 is 10.5 Å². The molecule has 0 aliphatic rings. The van der Waals surface area contributed by atoms with Crippen molar-refractivity contribution in [1.82, 2.24) is 4.98 Å². The van der Waals surface area contributed by atoms with Crippen molar-refractivity contribution in [3.05, 3.63) is 46.1 Å². The van der Waals surface area contributed by atoms with E-state index in [1.54, 1.807) is 18.2 Å². The second kappa shape index (κ2) is 5.98. The van der Waals surface area contributed by atoms with E-state index >= 15 is 0 Å². The molecule has 0 bridgehead atoms. The van der Waals surface area contributed by atoms with Crippen LogP contribution in [0.25, 0.3) is 0 Å². The number of pyridine rings is 1. The van der Waals surface area contributed by atoms with E-state index in [9.17, 15) is 4.79 Å². The zero-order valence-electron chi connectivity index (χ0n) is 10.4. The van der Waals surface area contributed by atoms with Crippen LogP contribution in [0.3, 0.4) is 0 Å². The summed E-state index contributed by atoms with van der Waals surface area (Å²) < 4.78 is 10.1. The Bertz CT molecular complexity index is 642. The fraction of sp³-hybridized carbons (Fsp3) is 0.0769. The molecule has 0 saturated heterocycles. The number of anilines is 1. The molecule has 104 valence electrons. The molecule has 1 aromatic carbocycles. The third-order valence-corrected chi connectivity index (χ3v) is 2.81. The highest BCUT2D eigenvalue weighted by Crippen LogP contribution is 2.28. The zero-order chi connectivity index (χ0) is 14.7. The van der Waals surface area contributed by atoms with Gasteiger partial charge in [0.05, 0.1) is 24.6 Å². The van der Waals surface area contributed by atoms with Crippen LogP contribution in [0.2, 0.25) is 10.0 Å². The van der Waals surface area contributed by atoms with E-state index in [-0.39, 0.29) is 17.1 Å². The number of benzene rings is 1. The van der Waals surface area contributed by atoms with Gasteiger partial charge in [0.2, 0.25) is 5.88 Å². The lowest BCUT2D eigenvalue weighted by Crippen LogP contribution is -2.06. The number of halogens is 2. The van der Waals surface area contributed by atoms with Gasteiger partial charge in [-0.25, -0.2) is 9.78 Å². The molecule has 20 heavy (non-hydrogen) atoms. The minimum atomic E-state index is -0.570. The summed E-state index contributed by atoms with van der Waals surface area (Å²) in [6.07, 6.45) is 1.31. The highest BCUT2D eigenvalue weighted by atomic mass is 35.5. The van der Waals surface area contributed by atoms with E-state index in [0.717, 1.165) is 0 Å². The van der Waals surface area contributed by atoms with Crippen LogP contribution in [0.1, 0.15) is 10.4 Å². The van der Waals surface area contributed by atoms with E-state index < -0.39 is 5.97 Å². The maximum Gasteiger partial charge on any atom is 0.340 e. The Balaban J connectivity index is 2.32. The molecular formula is C13H10Cl2N2O3. The number of carbonyl (C=O) groups is 1. The fourth-order valence-electron chi connectivity index (χ4n) is 1.50. The lowest BCUT2D eigenvalue weighted by atomic mass is 10.2. The van der Waals surface area contributed by atoms with Gasteiger partial charge in [-0.05, 0) is 18.2 Å². The lowest BCUT2D eigenvalue weighted by Gasteiger charge is -2.08. The molecule has 0 spiro atoms. The number of nitrogens with zero attached hydrogens (tertiary/aromatic N) is 1. The highest BCUT2D eigenvalue weighted by molar-refractivity contribution is 6.34. The Morgan fingerprint density at radius 1 is 1.20 bits per heavy atom. The topological polar surface area (TPSA) is 74.4 Å². The Morgan fingerprint density at radius 3 is 2.45 bits per heavy atom. The summed E-state index contributed by atoms with van der Waals surface area (Å²) >= 11 is 11.7. The zero-order valence-corrected chi connectivity index (χ0v) is 11.9. The molecule has 7 heteroatoms. The second-order valence-electron chi connectivity index (χ2n) is 3.81. The van der Waals surface area contributed by atoms with E-state index in [2.05, 4.69) is 9.72 Å². The molecule has 0 saturated carbocycles. The van der Waals surface area contributed by atoms with E-state index in [1.807, 2.05) is 0 Å². The van der Waals surface area contributed by atoms with Crippen LogP contribution in [0.15, 0.2) is 30.5 Å². The quantitative estimate of drug-likeness (QED) is 0.877. The van der Waals surface area contributed by atoms with Gasteiger partial charge in [0.25, 0.3) is 0 Å². The molecular weight excluding hydrogens is 303 g/mol. The molecule has 2 rings (SSSR count). The lowest BCUT2D eigenvalue weighted by molar-refractivity contribution is 0.0601. The van der Waals surface area contributed by atoms with Crippen molar-refractivity contribution >= 4 is 34.9 Å². The van der Waals surface area contributed by atoms with Crippen molar-refractivity contribution < 1.29 is 14.3 Å². The van der Waals surface area contributed by atoms with Crippen LogP contribution in [-0.4, -0.2) is 18.1 Å². The summed E-state index contributed by atoms with van der Waals surface area (Å²) in [5.41, 5.74) is 6.02. The number of nitrogen functional groups attached to an aromatic ring is 1. The normalized spacial score (nSPS) is 10.2. The SMILES string of the molecule is COC(=O)c1cc(Oc2cc(Cl)cc(Cl)c2)ncc1N. The van der Waals surface area contributed by atoms with Crippen LogP contribution in [0.5, 0.6) is 11.6 Å². The van der Waals surface area contributed by atoms with Crippen molar-refractivity contribution in [2.45, 2.75) is 0 Å². The number of ether oxygens (including phenoxy) is 2. The van der Waals surface area contributed by atoms with Gasteiger partial charge in [0, 0.05) is 16.1 Å². The molecule has 0 amide bonds. The minimum Gasteiger partial charge on any atom is -0.465 e. The predicted molar refractivity (Wildman–Crippen MR) is 76.5 cm³/mol. The number of hydrogen-bond acceptors (Lipinski definition) is 5. The molecule has 0 aliphatic heterocycles. The maximum absolute atomic E-state index is 11.5. The van der Waals surface area contributed by atoms with E-state index in [4.69, 9.17) is 33.7 Å². The molecule has 0 atom stereocenters. The Labute approximate surface area is 125 Å². The number of nitrogens with two attached hydrogens (primary N) is 1. The largest absolute Gasteiger partial charge is 0.465 e. The van der Waals surface area contributed by atoms with Gasteiger partial charge < -0.3 is 15.2 Å². The molecule has 5 nitrogen and oxygen atoms in total. The molecule has 0 radical (unpaired) electrons. The minimum absolute atomic E-state index is 0.172. The van der Waals surface area contributed by atoms with Gasteiger partial charge in [-0.3, -0.25) is 0 Å². The third-order valence-electron chi connectivity index (χ3n) is 2.37. The first kappa shape index (κ1) is 14.4. The summed E-state index contributed by atoms with van der Waals surface area (Å²) in [6.45, 7) is 0. The van der Waals surface area contributed by atoms with E-state index in [0.29, 0.717) is 15.8 Å². The number of hydrogen-bond donors (Lipinski definition) is 1. The first-order valence-electron chi connectivity index (χ1n) is 5.47. The molecule has 2 aromatic rings. The fourth-order valence-corrected chi connectivity index (χ4v) is 2.00. The Hall–Kier alpha value is -1.98. The van der Waals surface area contributed by atoms with Crippen molar-refractivity contribution in [2.24, 2.45) is 0 Å². The summed E-state index contributed by atoms with van der Waals surface area (Å²) in [6, 6.07) is 6.11. The monoisotopic (exact) mass is 312 g/mol. The van der Waals surface area contributed by atoms with Crippen molar-refractivity contribution in [1.29, 1.82) is 0 Å². The second-order valence-corrected chi connectivity index (χ2v) is 4.68. The molecule has 1 heterocycles. The summed E-state index contributed by atoms with van der Waals surface area (Å²) in [7, 11) is 1.26. The van der Waals surface area contributed by atoms with Gasteiger partial charge in [-0.1, -0.05) is 23.2 Å². The third kappa shape index (κ3) is 3.31. The molecule has 1 aromatic heterocycles. The number of rotatable bonds is 3. The Kier molecular flexibility index (Phi) is 4.32. The predicted octanol–water partition coefficient (Wildman–Crippen LogP) is 3.55. The number of esters is 1. The van der Waals surface area contributed by atoms with Gasteiger partial charge in [0.1, 0.15) is 5.75 Å². The van der Waals surface area contributed by atoms with Gasteiger partial charge in [-0.2, -0.15) is 0 Å². The van der Waals surface area contributed by atoms with Crippen LogP contribution in [0.4, 0.5) is 5.69 Å². The summed E-state index contributed by atoms with van der Waals surface area (Å²) in [5, 5.41) is 0.854. The average molecular weight is 313 g/mol. The average Bonchev–Trinajstić information content (AvgIpc) is 2.39. The first-order valence-corrected chi connectivity index (χ1v) is 6.23. The first-order chi connectivity index (χ1) is 9.49. The number of carbonyl (C=O) groups excluding carboxylic acids is 1. The summed E-state index contributed by atoms with van der Waals surface area (Å²) in [4.78, 5) is 15.5. The van der Waals surface area contributed by atoms with Crippen LogP contribution in [0, 0.1) is 0 Å². The van der Waals surface area contributed by atoms with Crippen LogP contribution in [-0.2, 0) is 4.74 Å². The number of aromatic nitrogens is 1. The standard InChI is InChI=1S/C13H10Cl2N2O3/c1-19-13(18)10-5-12(17-6-11(10)16)20-9-3-7(14)2-8(15)4-9/h2-6H,16H2,1H3. The van der Waals surface area contributed by atoms with Gasteiger partial charge >= 0.3 is 5.97 Å². The molecule has 2 N–H and O–H groups in total. The van der Waals surface area contributed by atoms with Gasteiger partial charge in [0.15, 0.2) is 0 Å². The smallest absolute Gasteiger partial charge is 0.340 e. The highest BCUT2D eigenvalue weighted by Gasteiger charge is 2.13. The molecule has 0 aliphatic carbocycles. The molecule has 0 fully saturated rings. The maximum atomic E-state index is 11.5. The number of methoxy groups -OCH3 is 1. The van der Waals surface area contributed by atoms with Crippen molar-refractivity contribution in [3.8, 4) is 11.6 Å². The Morgan fingerprint density at radius 2 is 1.85 bits per heavy atom. The van der Waals surface area contributed by atoms with E-state index in [1.165, 1.54) is 19.4 Å². The van der Waals surface area contributed by atoms with Gasteiger partial charge in [-0.15, -0.1) is 0 Å². The van der Waals surface area contributed by atoms with Crippen LogP contribution >= 0.6 is 23.2 Å². The summed E-state index contributed by atoms with van der Waals surface area (Å²) in [5.74, 6) is 0.00685. The van der Waals surface area contributed by atoms with Crippen molar-refractivity contribution in [3.63, 3.8) is 0 Å².